The van der Waals surface area contributed by atoms with Crippen molar-refractivity contribution in [3.05, 3.63) is 23.8 Å². The molecule has 1 aromatic rings. The zero-order chi connectivity index (χ0) is 12.1. The Morgan fingerprint density at radius 2 is 1.83 bits per heavy atom. The lowest BCUT2D eigenvalue weighted by Gasteiger charge is -2.18. The standard InChI is InChI=1S/C14H21NO2.ClH/c1-16-13-8-7-11(10-14(13)17-2)12-6-4-3-5-9-15-12;/h7-8,10,12,15H,3-6,9H2,1-2H3;1H. The first-order chi connectivity index (χ1) is 8.35. The highest BCUT2D eigenvalue weighted by Crippen LogP contribution is 2.32. The molecule has 3 nitrogen and oxygen atoms in total. The van der Waals surface area contributed by atoms with Crippen molar-refractivity contribution in [1.29, 1.82) is 0 Å². The van der Waals surface area contributed by atoms with E-state index in [1.807, 2.05) is 6.07 Å². The van der Waals surface area contributed by atoms with Crippen molar-refractivity contribution in [2.24, 2.45) is 0 Å². The monoisotopic (exact) mass is 271 g/mol. The number of ether oxygens (including phenoxy) is 2. The second-order valence-corrected chi connectivity index (χ2v) is 4.47. The number of halogens is 1. The number of rotatable bonds is 3. The van der Waals surface area contributed by atoms with Gasteiger partial charge in [-0.25, -0.2) is 0 Å². The minimum Gasteiger partial charge on any atom is -0.493 e. The van der Waals surface area contributed by atoms with Crippen molar-refractivity contribution in [2.45, 2.75) is 31.7 Å². The highest BCUT2D eigenvalue weighted by Gasteiger charge is 2.15. The normalized spacial score (nSPS) is 19.6. The van der Waals surface area contributed by atoms with Crippen molar-refractivity contribution in [3.8, 4) is 11.5 Å². The zero-order valence-corrected chi connectivity index (χ0v) is 11.9. The van der Waals surface area contributed by atoms with Crippen molar-refractivity contribution >= 4 is 12.4 Å². The first-order valence-corrected chi connectivity index (χ1v) is 6.30. The van der Waals surface area contributed by atoms with Gasteiger partial charge in [-0.05, 0) is 37.1 Å². The second kappa shape index (κ2) is 7.49. The summed E-state index contributed by atoms with van der Waals surface area (Å²) in [6.07, 6.45) is 5.11. The van der Waals surface area contributed by atoms with Crippen LogP contribution in [0.4, 0.5) is 0 Å². The molecule has 0 bridgehead atoms. The van der Waals surface area contributed by atoms with Gasteiger partial charge in [0.25, 0.3) is 0 Å². The topological polar surface area (TPSA) is 30.5 Å². The maximum atomic E-state index is 5.35. The summed E-state index contributed by atoms with van der Waals surface area (Å²) in [4.78, 5) is 0. The lowest BCUT2D eigenvalue weighted by atomic mass is 10.0. The molecule has 4 heteroatoms. The molecule has 0 aromatic heterocycles. The molecule has 1 atom stereocenters. The van der Waals surface area contributed by atoms with Crippen LogP contribution >= 0.6 is 12.4 Å². The van der Waals surface area contributed by atoms with Gasteiger partial charge in [0.15, 0.2) is 11.5 Å². The Morgan fingerprint density at radius 3 is 2.56 bits per heavy atom. The van der Waals surface area contributed by atoms with Gasteiger partial charge in [0.2, 0.25) is 0 Å². The lowest BCUT2D eigenvalue weighted by Crippen LogP contribution is -2.20. The molecule has 1 heterocycles. The summed E-state index contributed by atoms with van der Waals surface area (Å²) in [7, 11) is 3.35. The Labute approximate surface area is 115 Å². The molecule has 0 spiro atoms. The Hall–Kier alpha value is -0.930. The molecule has 0 radical (unpaired) electrons. The fourth-order valence-corrected chi connectivity index (χ4v) is 2.38. The number of methoxy groups -OCH3 is 2. The first kappa shape index (κ1) is 15.1. The Kier molecular flexibility index (Phi) is 6.30. The molecule has 1 aromatic carbocycles. The summed E-state index contributed by atoms with van der Waals surface area (Å²) < 4.78 is 10.6. The predicted molar refractivity (Wildman–Crippen MR) is 76.0 cm³/mol. The average Bonchev–Trinajstić information content (AvgIpc) is 2.66. The highest BCUT2D eigenvalue weighted by atomic mass is 35.5. The minimum absolute atomic E-state index is 0. The number of hydrogen-bond donors (Lipinski definition) is 1. The maximum Gasteiger partial charge on any atom is 0.161 e. The smallest absolute Gasteiger partial charge is 0.161 e. The zero-order valence-electron chi connectivity index (χ0n) is 11.1. The van der Waals surface area contributed by atoms with Gasteiger partial charge in [0.1, 0.15) is 0 Å². The average molecular weight is 272 g/mol. The summed E-state index contributed by atoms with van der Waals surface area (Å²) in [5, 5.41) is 3.59. The van der Waals surface area contributed by atoms with E-state index < -0.39 is 0 Å². The summed E-state index contributed by atoms with van der Waals surface area (Å²) in [6.45, 7) is 1.11. The Balaban J connectivity index is 0.00000162. The van der Waals surface area contributed by atoms with E-state index in [4.69, 9.17) is 9.47 Å². The third-order valence-electron chi connectivity index (χ3n) is 3.37. The predicted octanol–water partition coefficient (Wildman–Crippen LogP) is 3.33. The fourth-order valence-electron chi connectivity index (χ4n) is 2.38. The van der Waals surface area contributed by atoms with Crippen LogP contribution in [0.5, 0.6) is 11.5 Å². The van der Waals surface area contributed by atoms with Crippen LogP contribution < -0.4 is 14.8 Å². The van der Waals surface area contributed by atoms with Crippen molar-refractivity contribution in [1.82, 2.24) is 5.32 Å². The van der Waals surface area contributed by atoms with Crippen LogP contribution in [0, 0.1) is 0 Å². The van der Waals surface area contributed by atoms with Crippen LogP contribution in [0.25, 0.3) is 0 Å². The third-order valence-corrected chi connectivity index (χ3v) is 3.37. The lowest BCUT2D eigenvalue weighted by molar-refractivity contribution is 0.353. The van der Waals surface area contributed by atoms with Gasteiger partial charge in [0.05, 0.1) is 14.2 Å². The van der Waals surface area contributed by atoms with E-state index in [1.54, 1.807) is 14.2 Å². The van der Waals surface area contributed by atoms with Gasteiger partial charge < -0.3 is 14.8 Å². The minimum atomic E-state index is 0. The van der Waals surface area contributed by atoms with Crippen LogP contribution in [0.15, 0.2) is 18.2 Å². The molecule has 0 amide bonds. The molecule has 1 saturated heterocycles. The largest absolute Gasteiger partial charge is 0.493 e. The van der Waals surface area contributed by atoms with Gasteiger partial charge in [-0.3, -0.25) is 0 Å². The van der Waals surface area contributed by atoms with E-state index in [-0.39, 0.29) is 12.4 Å². The molecule has 1 aliphatic rings. The molecular weight excluding hydrogens is 250 g/mol. The molecule has 18 heavy (non-hydrogen) atoms. The number of benzene rings is 1. The second-order valence-electron chi connectivity index (χ2n) is 4.47. The Morgan fingerprint density at radius 1 is 1.06 bits per heavy atom. The van der Waals surface area contributed by atoms with E-state index in [0.29, 0.717) is 6.04 Å². The summed E-state index contributed by atoms with van der Waals surface area (Å²) in [5.74, 6) is 1.61. The summed E-state index contributed by atoms with van der Waals surface area (Å²) in [6, 6.07) is 6.66. The molecule has 1 aliphatic heterocycles. The van der Waals surface area contributed by atoms with Gasteiger partial charge in [0, 0.05) is 6.04 Å². The van der Waals surface area contributed by atoms with E-state index in [9.17, 15) is 0 Å². The molecule has 102 valence electrons. The quantitative estimate of drug-likeness (QED) is 0.915. The van der Waals surface area contributed by atoms with Crippen molar-refractivity contribution < 1.29 is 9.47 Å². The number of hydrogen-bond acceptors (Lipinski definition) is 3. The van der Waals surface area contributed by atoms with Gasteiger partial charge >= 0.3 is 0 Å². The number of nitrogens with one attached hydrogen (secondary N) is 1. The fraction of sp³-hybridized carbons (Fsp3) is 0.571. The molecule has 1 fully saturated rings. The van der Waals surface area contributed by atoms with E-state index in [0.717, 1.165) is 18.0 Å². The molecule has 0 saturated carbocycles. The van der Waals surface area contributed by atoms with E-state index >= 15 is 0 Å². The molecule has 1 N–H and O–H groups in total. The van der Waals surface area contributed by atoms with E-state index in [2.05, 4.69) is 17.4 Å². The Bertz CT molecular complexity index is 363. The van der Waals surface area contributed by atoms with Crippen LogP contribution in [-0.2, 0) is 0 Å². The summed E-state index contributed by atoms with van der Waals surface area (Å²) >= 11 is 0. The van der Waals surface area contributed by atoms with Crippen LogP contribution in [-0.4, -0.2) is 20.8 Å². The SMILES string of the molecule is COc1ccc(C2CCCCCN2)cc1OC.Cl. The van der Waals surface area contributed by atoms with E-state index in [1.165, 1.54) is 31.2 Å². The van der Waals surface area contributed by atoms with Crippen LogP contribution in [0.2, 0.25) is 0 Å². The van der Waals surface area contributed by atoms with Crippen LogP contribution in [0.3, 0.4) is 0 Å². The van der Waals surface area contributed by atoms with Crippen LogP contribution in [0.1, 0.15) is 37.3 Å². The summed E-state index contributed by atoms with van der Waals surface area (Å²) in [5.41, 5.74) is 1.30. The van der Waals surface area contributed by atoms with Crippen molar-refractivity contribution in [2.75, 3.05) is 20.8 Å². The molecule has 2 rings (SSSR count). The first-order valence-electron chi connectivity index (χ1n) is 6.30. The van der Waals surface area contributed by atoms with Gasteiger partial charge in [-0.2, -0.15) is 0 Å². The van der Waals surface area contributed by atoms with Gasteiger partial charge in [-0.15, -0.1) is 12.4 Å². The van der Waals surface area contributed by atoms with Crippen molar-refractivity contribution in [3.63, 3.8) is 0 Å². The maximum absolute atomic E-state index is 5.35. The molecule has 0 aliphatic carbocycles. The molecule has 1 unspecified atom stereocenters. The third kappa shape index (κ3) is 3.53. The molecular formula is C14H22ClNO2. The van der Waals surface area contributed by atoms with Gasteiger partial charge in [-0.1, -0.05) is 18.9 Å². The highest BCUT2D eigenvalue weighted by molar-refractivity contribution is 5.85.